The van der Waals surface area contributed by atoms with Crippen molar-refractivity contribution in [3.8, 4) is 0 Å². The first-order valence-corrected chi connectivity index (χ1v) is 5.01. The molecule has 0 saturated heterocycles. The van der Waals surface area contributed by atoms with Crippen molar-refractivity contribution in [1.82, 2.24) is 5.32 Å². The van der Waals surface area contributed by atoms with Gasteiger partial charge in [-0.1, -0.05) is 19.8 Å². The standard InChI is InChI=1S/C10H23NO/c1-4-10(11-2)8-6-5-7-9-12-3/h10-11H,4-9H2,1-3H3. The van der Waals surface area contributed by atoms with Gasteiger partial charge in [-0.25, -0.2) is 0 Å². The normalized spacial score (nSPS) is 13.2. The van der Waals surface area contributed by atoms with Gasteiger partial charge in [0.2, 0.25) is 0 Å². The summed E-state index contributed by atoms with van der Waals surface area (Å²) in [5.74, 6) is 0. The molecule has 1 N–H and O–H groups in total. The number of hydrogen-bond acceptors (Lipinski definition) is 2. The fraction of sp³-hybridized carbons (Fsp3) is 1.00. The molecule has 12 heavy (non-hydrogen) atoms. The van der Waals surface area contributed by atoms with Crippen molar-refractivity contribution in [2.75, 3.05) is 20.8 Å². The second-order valence-electron chi connectivity index (χ2n) is 3.24. The van der Waals surface area contributed by atoms with Crippen LogP contribution in [0.4, 0.5) is 0 Å². The molecule has 0 aromatic rings. The van der Waals surface area contributed by atoms with E-state index in [1.165, 1.54) is 32.1 Å². The minimum Gasteiger partial charge on any atom is -0.385 e. The lowest BCUT2D eigenvalue weighted by Crippen LogP contribution is -2.23. The lowest BCUT2D eigenvalue weighted by molar-refractivity contribution is 0.191. The Morgan fingerprint density at radius 2 is 2.00 bits per heavy atom. The van der Waals surface area contributed by atoms with Crippen LogP contribution in [0.2, 0.25) is 0 Å². The first-order chi connectivity index (χ1) is 5.85. The molecule has 2 heteroatoms. The zero-order valence-electron chi connectivity index (χ0n) is 8.73. The first-order valence-electron chi connectivity index (χ1n) is 5.01. The van der Waals surface area contributed by atoms with Crippen LogP contribution in [0.1, 0.15) is 39.0 Å². The Kier molecular flexibility index (Phi) is 8.95. The molecule has 0 spiro atoms. The molecule has 2 nitrogen and oxygen atoms in total. The highest BCUT2D eigenvalue weighted by molar-refractivity contribution is 4.61. The molecular formula is C10H23NO. The van der Waals surface area contributed by atoms with Crippen molar-refractivity contribution in [1.29, 1.82) is 0 Å². The number of unbranched alkanes of at least 4 members (excludes halogenated alkanes) is 2. The second-order valence-corrected chi connectivity index (χ2v) is 3.24. The Morgan fingerprint density at radius 1 is 1.25 bits per heavy atom. The van der Waals surface area contributed by atoms with E-state index in [0.29, 0.717) is 6.04 Å². The Balaban J connectivity index is 3.06. The summed E-state index contributed by atoms with van der Waals surface area (Å²) >= 11 is 0. The molecule has 0 saturated carbocycles. The fourth-order valence-corrected chi connectivity index (χ4v) is 1.37. The van der Waals surface area contributed by atoms with Crippen molar-refractivity contribution in [3.05, 3.63) is 0 Å². The van der Waals surface area contributed by atoms with Gasteiger partial charge >= 0.3 is 0 Å². The van der Waals surface area contributed by atoms with Crippen molar-refractivity contribution in [2.45, 2.75) is 45.1 Å². The van der Waals surface area contributed by atoms with E-state index < -0.39 is 0 Å². The van der Waals surface area contributed by atoms with Crippen molar-refractivity contribution >= 4 is 0 Å². The summed E-state index contributed by atoms with van der Waals surface area (Å²) in [7, 11) is 3.81. The van der Waals surface area contributed by atoms with E-state index in [-0.39, 0.29) is 0 Å². The van der Waals surface area contributed by atoms with Crippen LogP contribution < -0.4 is 5.32 Å². The van der Waals surface area contributed by atoms with Gasteiger partial charge in [-0.15, -0.1) is 0 Å². The topological polar surface area (TPSA) is 21.3 Å². The summed E-state index contributed by atoms with van der Waals surface area (Å²) < 4.78 is 4.99. The highest BCUT2D eigenvalue weighted by atomic mass is 16.5. The predicted molar refractivity (Wildman–Crippen MR) is 53.5 cm³/mol. The molecule has 0 amide bonds. The highest BCUT2D eigenvalue weighted by Crippen LogP contribution is 2.05. The van der Waals surface area contributed by atoms with E-state index in [2.05, 4.69) is 12.2 Å². The number of ether oxygens (including phenoxy) is 1. The van der Waals surface area contributed by atoms with Crippen molar-refractivity contribution < 1.29 is 4.74 Å². The van der Waals surface area contributed by atoms with E-state index in [9.17, 15) is 0 Å². The highest BCUT2D eigenvalue weighted by Gasteiger charge is 2.00. The molecule has 0 aliphatic carbocycles. The molecular weight excluding hydrogens is 150 g/mol. The summed E-state index contributed by atoms with van der Waals surface area (Å²) in [6.07, 6.45) is 6.36. The third-order valence-corrected chi connectivity index (χ3v) is 2.30. The minimum atomic E-state index is 0.715. The van der Waals surface area contributed by atoms with Gasteiger partial charge in [0.15, 0.2) is 0 Å². The van der Waals surface area contributed by atoms with E-state index in [1.54, 1.807) is 7.11 Å². The predicted octanol–water partition coefficient (Wildman–Crippen LogP) is 2.19. The third kappa shape index (κ3) is 6.62. The zero-order valence-corrected chi connectivity index (χ0v) is 8.73. The fourth-order valence-electron chi connectivity index (χ4n) is 1.37. The maximum atomic E-state index is 4.99. The molecule has 0 aromatic carbocycles. The van der Waals surface area contributed by atoms with Crippen LogP contribution in [-0.4, -0.2) is 26.8 Å². The second kappa shape index (κ2) is 9.01. The van der Waals surface area contributed by atoms with Crippen LogP contribution in [0.3, 0.4) is 0 Å². The third-order valence-electron chi connectivity index (χ3n) is 2.30. The molecule has 0 aliphatic heterocycles. The Morgan fingerprint density at radius 3 is 2.50 bits per heavy atom. The quantitative estimate of drug-likeness (QED) is 0.568. The molecule has 0 aliphatic rings. The number of hydrogen-bond donors (Lipinski definition) is 1. The monoisotopic (exact) mass is 173 g/mol. The SMILES string of the molecule is CCC(CCCCCOC)NC. The molecule has 1 atom stereocenters. The molecule has 0 fully saturated rings. The molecule has 74 valence electrons. The molecule has 0 aromatic heterocycles. The van der Waals surface area contributed by atoms with Gasteiger partial charge in [-0.2, -0.15) is 0 Å². The van der Waals surface area contributed by atoms with Gasteiger partial charge in [0, 0.05) is 19.8 Å². The number of methoxy groups -OCH3 is 1. The van der Waals surface area contributed by atoms with Crippen LogP contribution in [0, 0.1) is 0 Å². The molecule has 0 heterocycles. The molecule has 0 rings (SSSR count). The molecule has 0 bridgehead atoms. The Bertz CT molecular complexity index is 81.9. The van der Waals surface area contributed by atoms with Crippen LogP contribution in [0.25, 0.3) is 0 Å². The van der Waals surface area contributed by atoms with Gasteiger partial charge in [0.1, 0.15) is 0 Å². The van der Waals surface area contributed by atoms with E-state index in [4.69, 9.17) is 4.74 Å². The largest absolute Gasteiger partial charge is 0.385 e. The van der Waals surface area contributed by atoms with Crippen molar-refractivity contribution in [3.63, 3.8) is 0 Å². The summed E-state index contributed by atoms with van der Waals surface area (Å²) in [4.78, 5) is 0. The van der Waals surface area contributed by atoms with Crippen LogP contribution in [0.15, 0.2) is 0 Å². The summed E-state index contributed by atoms with van der Waals surface area (Å²) in [6.45, 7) is 3.15. The van der Waals surface area contributed by atoms with Gasteiger partial charge in [-0.05, 0) is 26.3 Å². The van der Waals surface area contributed by atoms with E-state index >= 15 is 0 Å². The molecule has 0 radical (unpaired) electrons. The van der Waals surface area contributed by atoms with Gasteiger partial charge in [-0.3, -0.25) is 0 Å². The Labute approximate surface area is 76.7 Å². The van der Waals surface area contributed by atoms with Crippen LogP contribution in [0.5, 0.6) is 0 Å². The van der Waals surface area contributed by atoms with E-state index in [0.717, 1.165) is 6.61 Å². The average molecular weight is 173 g/mol. The summed E-state index contributed by atoms with van der Waals surface area (Å²) in [5.41, 5.74) is 0. The van der Waals surface area contributed by atoms with Gasteiger partial charge < -0.3 is 10.1 Å². The number of rotatable bonds is 8. The van der Waals surface area contributed by atoms with Crippen molar-refractivity contribution in [2.24, 2.45) is 0 Å². The van der Waals surface area contributed by atoms with Gasteiger partial charge in [0.05, 0.1) is 0 Å². The zero-order chi connectivity index (χ0) is 9.23. The first kappa shape index (κ1) is 11.9. The van der Waals surface area contributed by atoms with Gasteiger partial charge in [0.25, 0.3) is 0 Å². The average Bonchev–Trinajstić information content (AvgIpc) is 2.11. The summed E-state index contributed by atoms with van der Waals surface area (Å²) in [5, 5.41) is 3.31. The smallest absolute Gasteiger partial charge is 0.0462 e. The maximum Gasteiger partial charge on any atom is 0.0462 e. The lowest BCUT2D eigenvalue weighted by atomic mass is 10.1. The van der Waals surface area contributed by atoms with Crippen LogP contribution >= 0.6 is 0 Å². The summed E-state index contributed by atoms with van der Waals surface area (Å²) in [6, 6.07) is 0.715. The van der Waals surface area contributed by atoms with Crippen LogP contribution in [-0.2, 0) is 4.74 Å². The Hall–Kier alpha value is -0.0800. The number of nitrogens with one attached hydrogen (secondary N) is 1. The maximum absolute atomic E-state index is 4.99. The van der Waals surface area contributed by atoms with E-state index in [1.807, 2.05) is 7.05 Å². The lowest BCUT2D eigenvalue weighted by Gasteiger charge is -2.12. The molecule has 1 unspecified atom stereocenters. The minimum absolute atomic E-state index is 0.715.